The van der Waals surface area contributed by atoms with Gasteiger partial charge in [0.15, 0.2) is 0 Å². The summed E-state index contributed by atoms with van der Waals surface area (Å²) in [5.74, 6) is 2.52. The van der Waals surface area contributed by atoms with E-state index in [2.05, 4.69) is 15.2 Å². The molecule has 1 saturated heterocycles. The van der Waals surface area contributed by atoms with Crippen LogP contribution in [0.15, 0.2) is 6.20 Å². The van der Waals surface area contributed by atoms with Crippen molar-refractivity contribution in [2.75, 3.05) is 31.1 Å². The molecule has 0 unspecified atom stereocenters. The van der Waals surface area contributed by atoms with Gasteiger partial charge in [0.1, 0.15) is 0 Å². The Balaban J connectivity index is 1.86. The fraction of sp³-hybridized carbons (Fsp3) is 0.800. The second-order valence-corrected chi connectivity index (χ2v) is 5.23. The quantitative estimate of drug-likeness (QED) is 0.814. The van der Waals surface area contributed by atoms with E-state index in [1.54, 1.807) is 0 Å². The Hall–Kier alpha value is -0.590. The Kier molecular flexibility index (Phi) is 4.62. The first kappa shape index (κ1) is 11.9. The third kappa shape index (κ3) is 3.47. The summed E-state index contributed by atoms with van der Waals surface area (Å²) in [5, 5.41) is 8.22. The molecule has 0 aromatic carbocycles. The lowest BCUT2D eigenvalue weighted by atomic mass is 10.3. The molecule has 2 N–H and O–H groups in total. The fourth-order valence-corrected chi connectivity index (χ4v) is 2.76. The van der Waals surface area contributed by atoms with Crippen LogP contribution >= 0.6 is 11.8 Å². The minimum Gasteiger partial charge on any atom is -0.329 e. The van der Waals surface area contributed by atoms with Gasteiger partial charge in [0, 0.05) is 31.6 Å². The first-order valence-electron chi connectivity index (χ1n) is 5.77. The molecule has 1 aromatic heterocycles. The van der Waals surface area contributed by atoms with Gasteiger partial charge in [-0.15, -0.1) is 5.10 Å². The maximum absolute atomic E-state index is 5.47. The summed E-state index contributed by atoms with van der Waals surface area (Å²) in [6.07, 6.45) is 3.28. The monoisotopic (exact) mass is 241 g/mol. The van der Waals surface area contributed by atoms with Gasteiger partial charge in [0.25, 0.3) is 0 Å². The van der Waals surface area contributed by atoms with Crippen LogP contribution in [0.3, 0.4) is 0 Å². The molecule has 16 heavy (non-hydrogen) atoms. The van der Waals surface area contributed by atoms with E-state index in [1.807, 2.05) is 22.6 Å². The summed E-state index contributed by atoms with van der Waals surface area (Å²) in [6.45, 7) is 4.63. The maximum atomic E-state index is 5.47. The predicted molar refractivity (Wildman–Crippen MR) is 66.3 cm³/mol. The Morgan fingerprint density at radius 1 is 1.38 bits per heavy atom. The van der Waals surface area contributed by atoms with Gasteiger partial charge in [0.2, 0.25) is 0 Å². The third-order valence-corrected chi connectivity index (χ3v) is 3.69. The summed E-state index contributed by atoms with van der Waals surface area (Å²) in [4.78, 5) is 2.46. The minimum absolute atomic E-state index is 0.614. The summed E-state index contributed by atoms with van der Waals surface area (Å²) < 4.78 is 1.82. The van der Waals surface area contributed by atoms with Gasteiger partial charge in [-0.3, -0.25) is 9.58 Å². The highest BCUT2D eigenvalue weighted by Crippen LogP contribution is 2.11. The zero-order valence-corrected chi connectivity index (χ0v) is 10.3. The van der Waals surface area contributed by atoms with Crippen LogP contribution in [0.5, 0.6) is 0 Å². The van der Waals surface area contributed by atoms with Gasteiger partial charge in [-0.1, -0.05) is 5.21 Å². The maximum Gasteiger partial charge on any atom is 0.0967 e. The van der Waals surface area contributed by atoms with Gasteiger partial charge < -0.3 is 5.73 Å². The molecule has 0 spiro atoms. The second-order valence-electron chi connectivity index (χ2n) is 4.00. The van der Waals surface area contributed by atoms with Crippen LogP contribution in [0.4, 0.5) is 0 Å². The molecule has 1 fully saturated rings. The molecular weight excluding hydrogens is 222 g/mol. The normalized spacial score (nSPS) is 18.6. The molecule has 1 aromatic rings. The van der Waals surface area contributed by atoms with Crippen LogP contribution < -0.4 is 5.73 Å². The Morgan fingerprint density at radius 2 is 2.31 bits per heavy atom. The topological polar surface area (TPSA) is 60.0 Å². The zero-order valence-electron chi connectivity index (χ0n) is 9.51. The molecular formula is C10H19N5S. The van der Waals surface area contributed by atoms with E-state index in [9.17, 15) is 0 Å². The number of nitrogens with zero attached hydrogens (tertiary/aromatic N) is 4. The molecule has 0 bridgehead atoms. The van der Waals surface area contributed by atoms with Gasteiger partial charge >= 0.3 is 0 Å². The average molecular weight is 241 g/mol. The highest BCUT2D eigenvalue weighted by atomic mass is 32.2. The second kappa shape index (κ2) is 6.22. The van der Waals surface area contributed by atoms with Crippen molar-refractivity contribution in [1.82, 2.24) is 19.9 Å². The molecule has 5 nitrogen and oxygen atoms in total. The van der Waals surface area contributed by atoms with Gasteiger partial charge in [-0.25, -0.2) is 0 Å². The van der Waals surface area contributed by atoms with E-state index in [0.29, 0.717) is 6.54 Å². The van der Waals surface area contributed by atoms with Gasteiger partial charge in [-0.05, 0) is 18.7 Å². The zero-order chi connectivity index (χ0) is 11.2. The molecule has 1 aliphatic rings. The molecule has 2 rings (SSSR count). The van der Waals surface area contributed by atoms with Crippen LogP contribution in [0.25, 0.3) is 0 Å². The number of hydrogen-bond donors (Lipinski definition) is 1. The van der Waals surface area contributed by atoms with Crippen molar-refractivity contribution in [3.8, 4) is 0 Å². The molecule has 6 heteroatoms. The Labute approximate surface area is 100 Å². The van der Waals surface area contributed by atoms with Crippen LogP contribution in [0.2, 0.25) is 0 Å². The SMILES string of the molecule is NCCn1cc(CN2CCCSCC2)nn1. The molecule has 0 radical (unpaired) electrons. The van der Waals surface area contributed by atoms with E-state index in [0.717, 1.165) is 25.3 Å². The smallest absolute Gasteiger partial charge is 0.0967 e. The van der Waals surface area contributed by atoms with Crippen molar-refractivity contribution in [2.45, 2.75) is 19.5 Å². The molecule has 0 aliphatic carbocycles. The van der Waals surface area contributed by atoms with Crippen molar-refractivity contribution in [1.29, 1.82) is 0 Å². The molecule has 0 saturated carbocycles. The lowest BCUT2D eigenvalue weighted by Gasteiger charge is -2.17. The van der Waals surface area contributed by atoms with Crippen molar-refractivity contribution >= 4 is 11.8 Å². The summed E-state index contributed by atoms with van der Waals surface area (Å²) in [7, 11) is 0. The first-order valence-corrected chi connectivity index (χ1v) is 6.93. The number of rotatable bonds is 4. The van der Waals surface area contributed by atoms with Crippen LogP contribution in [-0.4, -0.2) is 51.0 Å². The predicted octanol–water partition coefficient (Wildman–Crippen LogP) is 0.176. The van der Waals surface area contributed by atoms with E-state index in [4.69, 9.17) is 5.73 Å². The third-order valence-electron chi connectivity index (χ3n) is 2.64. The number of aromatic nitrogens is 3. The summed E-state index contributed by atoms with van der Waals surface area (Å²) in [5.41, 5.74) is 6.53. The van der Waals surface area contributed by atoms with Crippen LogP contribution in [-0.2, 0) is 13.1 Å². The lowest BCUT2D eigenvalue weighted by molar-refractivity contribution is 0.284. The van der Waals surface area contributed by atoms with Crippen molar-refractivity contribution < 1.29 is 0 Å². The van der Waals surface area contributed by atoms with Gasteiger partial charge in [0.05, 0.1) is 12.2 Å². The molecule has 0 amide bonds. The molecule has 0 atom stereocenters. The van der Waals surface area contributed by atoms with Crippen LogP contribution in [0, 0.1) is 0 Å². The first-order chi connectivity index (χ1) is 7.88. The molecule has 2 heterocycles. The summed E-state index contributed by atoms with van der Waals surface area (Å²) in [6, 6.07) is 0. The van der Waals surface area contributed by atoms with Gasteiger partial charge in [-0.2, -0.15) is 11.8 Å². The van der Waals surface area contributed by atoms with Crippen molar-refractivity contribution in [3.05, 3.63) is 11.9 Å². The highest BCUT2D eigenvalue weighted by Gasteiger charge is 2.11. The van der Waals surface area contributed by atoms with Crippen molar-refractivity contribution in [2.24, 2.45) is 5.73 Å². The fourth-order valence-electron chi connectivity index (χ4n) is 1.84. The van der Waals surface area contributed by atoms with Crippen molar-refractivity contribution in [3.63, 3.8) is 0 Å². The standard InChI is InChI=1S/C10H19N5S/c11-2-4-15-9-10(12-13-15)8-14-3-1-6-16-7-5-14/h9H,1-8,11H2. The van der Waals surface area contributed by atoms with E-state index < -0.39 is 0 Å². The number of hydrogen-bond acceptors (Lipinski definition) is 5. The Morgan fingerprint density at radius 3 is 3.19 bits per heavy atom. The molecule has 1 aliphatic heterocycles. The number of nitrogens with two attached hydrogens (primary N) is 1. The average Bonchev–Trinajstić information content (AvgIpc) is 2.56. The lowest BCUT2D eigenvalue weighted by Crippen LogP contribution is -2.25. The van der Waals surface area contributed by atoms with E-state index in [-0.39, 0.29) is 0 Å². The van der Waals surface area contributed by atoms with E-state index >= 15 is 0 Å². The minimum atomic E-state index is 0.614. The largest absolute Gasteiger partial charge is 0.329 e. The molecule has 90 valence electrons. The van der Waals surface area contributed by atoms with E-state index in [1.165, 1.54) is 24.5 Å². The number of thioether (sulfide) groups is 1. The summed E-state index contributed by atoms with van der Waals surface area (Å²) >= 11 is 2.04. The Bertz CT molecular complexity index is 306. The van der Waals surface area contributed by atoms with Crippen LogP contribution in [0.1, 0.15) is 12.1 Å². The highest BCUT2D eigenvalue weighted by molar-refractivity contribution is 7.99.